The quantitative estimate of drug-likeness (QED) is 0.844. The van der Waals surface area contributed by atoms with Crippen molar-refractivity contribution in [2.24, 2.45) is 5.92 Å². The summed E-state index contributed by atoms with van der Waals surface area (Å²) in [4.78, 5) is 2.39. The maximum Gasteiger partial charge on any atom is 0.0802 e. The first kappa shape index (κ1) is 15.0. The van der Waals surface area contributed by atoms with Crippen LogP contribution in [0.5, 0.6) is 0 Å². The molecule has 1 aromatic rings. The third-order valence-corrected chi connectivity index (χ3v) is 4.41. The molecule has 1 fully saturated rings. The van der Waals surface area contributed by atoms with E-state index in [2.05, 4.69) is 20.8 Å². The first-order chi connectivity index (χ1) is 9.19. The van der Waals surface area contributed by atoms with Gasteiger partial charge in [-0.1, -0.05) is 28.1 Å². The number of rotatable bonds is 6. The molecule has 0 saturated carbocycles. The summed E-state index contributed by atoms with van der Waals surface area (Å²) < 4.78 is 1.04. The van der Waals surface area contributed by atoms with Crippen LogP contribution in [0.15, 0.2) is 28.7 Å². The van der Waals surface area contributed by atoms with E-state index in [1.807, 2.05) is 24.3 Å². The Morgan fingerprint density at radius 2 is 2.05 bits per heavy atom. The molecule has 1 aliphatic rings. The molecule has 0 spiro atoms. The van der Waals surface area contributed by atoms with Crippen LogP contribution in [-0.4, -0.2) is 41.4 Å². The highest BCUT2D eigenvalue weighted by Crippen LogP contribution is 2.23. The minimum Gasteiger partial charge on any atom is -0.396 e. The molecule has 0 bridgehead atoms. The van der Waals surface area contributed by atoms with Crippen LogP contribution >= 0.6 is 15.9 Å². The Kier molecular flexibility index (Phi) is 5.82. The summed E-state index contributed by atoms with van der Waals surface area (Å²) in [5, 5.41) is 19.1. The second-order valence-electron chi connectivity index (χ2n) is 5.32. The Morgan fingerprint density at radius 3 is 2.74 bits per heavy atom. The fourth-order valence-corrected chi connectivity index (χ4v) is 2.95. The van der Waals surface area contributed by atoms with E-state index < -0.39 is 0 Å². The Morgan fingerprint density at radius 1 is 1.32 bits per heavy atom. The van der Waals surface area contributed by atoms with Crippen molar-refractivity contribution in [3.05, 3.63) is 34.3 Å². The fraction of sp³-hybridized carbons (Fsp3) is 0.600. The summed E-state index contributed by atoms with van der Waals surface area (Å²) in [7, 11) is 0. The number of aliphatic hydroxyl groups is 2. The molecule has 2 unspecified atom stereocenters. The summed E-state index contributed by atoms with van der Waals surface area (Å²) in [6, 6.07) is 7.86. The van der Waals surface area contributed by atoms with Crippen molar-refractivity contribution in [3.8, 4) is 0 Å². The largest absolute Gasteiger partial charge is 0.396 e. The molecule has 2 rings (SSSR count). The second kappa shape index (κ2) is 7.39. The van der Waals surface area contributed by atoms with Gasteiger partial charge in [0.15, 0.2) is 0 Å². The van der Waals surface area contributed by atoms with E-state index in [1.165, 1.54) is 6.42 Å². The minimum absolute atomic E-state index is 0.292. The van der Waals surface area contributed by atoms with Gasteiger partial charge in [-0.2, -0.15) is 0 Å². The monoisotopic (exact) mass is 327 g/mol. The number of benzene rings is 1. The SMILES string of the molecule is OCCC1CCN(CCC(O)c2ccc(Br)cc2)C1. The van der Waals surface area contributed by atoms with Gasteiger partial charge in [0.1, 0.15) is 0 Å². The highest BCUT2D eigenvalue weighted by molar-refractivity contribution is 9.10. The molecule has 3 nitrogen and oxygen atoms in total. The zero-order valence-corrected chi connectivity index (χ0v) is 12.7. The molecule has 19 heavy (non-hydrogen) atoms. The van der Waals surface area contributed by atoms with E-state index in [-0.39, 0.29) is 6.10 Å². The van der Waals surface area contributed by atoms with E-state index >= 15 is 0 Å². The molecule has 1 aliphatic heterocycles. The molecule has 1 aromatic carbocycles. The zero-order valence-electron chi connectivity index (χ0n) is 11.1. The number of hydrogen-bond donors (Lipinski definition) is 2. The molecule has 1 heterocycles. The average molecular weight is 328 g/mol. The van der Waals surface area contributed by atoms with Crippen molar-refractivity contribution in [2.45, 2.75) is 25.4 Å². The lowest BCUT2D eigenvalue weighted by molar-refractivity contribution is 0.147. The van der Waals surface area contributed by atoms with Gasteiger partial charge in [-0.05, 0) is 49.4 Å². The first-order valence-electron chi connectivity index (χ1n) is 6.96. The van der Waals surface area contributed by atoms with Crippen LogP contribution in [0, 0.1) is 5.92 Å². The lowest BCUT2D eigenvalue weighted by atomic mass is 10.1. The summed E-state index contributed by atoms with van der Waals surface area (Å²) in [6.07, 6.45) is 2.47. The van der Waals surface area contributed by atoms with Gasteiger partial charge in [-0.15, -0.1) is 0 Å². The molecular weight excluding hydrogens is 306 g/mol. The summed E-state index contributed by atoms with van der Waals surface area (Å²) in [5.41, 5.74) is 0.981. The van der Waals surface area contributed by atoms with Gasteiger partial charge in [0, 0.05) is 24.2 Å². The number of halogens is 1. The van der Waals surface area contributed by atoms with E-state index in [0.717, 1.165) is 42.5 Å². The van der Waals surface area contributed by atoms with Crippen molar-refractivity contribution < 1.29 is 10.2 Å². The van der Waals surface area contributed by atoms with Gasteiger partial charge < -0.3 is 15.1 Å². The molecule has 0 amide bonds. The highest BCUT2D eigenvalue weighted by atomic mass is 79.9. The van der Waals surface area contributed by atoms with Crippen molar-refractivity contribution in [2.75, 3.05) is 26.2 Å². The van der Waals surface area contributed by atoms with Gasteiger partial charge in [-0.25, -0.2) is 0 Å². The summed E-state index contributed by atoms with van der Waals surface area (Å²) >= 11 is 3.40. The highest BCUT2D eigenvalue weighted by Gasteiger charge is 2.22. The van der Waals surface area contributed by atoms with Crippen molar-refractivity contribution >= 4 is 15.9 Å². The Balaban J connectivity index is 1.75. The van der Waals surface area contributed by atoms with Crippen molar-refractivity contribution in [1.82, 2.24) is 4.90 Å². The smallest absolute Gasteiger partial charge is 0.0802 e. The molecular formula is C15H22BrNO2. The maximum absolute atomic E-state index is 10.2. The van der Waals surface area contributed by atoms with Gasteiger partial charge in [0.05, 0.1) is 6.10 Å². The summed E-state index contributed by atoms with van der Waals surface area (Å²) in [5.74, 6) is 0.634. The van der Waals surface area contributed by atoms with E-state index in [4.69, 9.17) is 5.11 Å². The van der Waals surface area contributed by atoms with Crippen LogP contribution in [-0.2, 0) is 0 Å². The zero-order chi connectivity index (χ0) is 13.7. The molecule has 0 radical (unpaired) electrons. The molecule has 4 heteroatoms. The third kappa shape index (κ3) is 4.56. The van der Waals surface area contributed by atoms with Crippen molar-refractivity contribution in [3.63, 3.8) is 0 Å². The van der Waals surface area contributed by atoms with Crippen LogP contribution < -0.4 is 0 Å². The van der Waals surface area contributed by atoms with E-state index in [1.54, 1.807) is 0 Å². The van der Waals surface area contributed by atoms with Crippen molar-refractivity contribution in [1.29, 1.82) is 0 Å². The number of nitrogens with zero attached hydrogens (tertiary/aromatic N) is 1. The van der Waals surface area contributed by atoms with Crippen LogP contribution in [0.4, 0.5) is 0 Å². The molecule has 2 atom stereocenters. The predicted molar refractivity (Wildman–Crippen MR) is 80.0 cm³/mol. The van der Waals surface area contributed by atoms with E-state index in [9.17, 15) is 5.11 Å². The normalized spacial score (nSPS) is 21.7. The molecule has 1 saturated heterocycles. The predicted octanol–water partition coefficient (Wildman–Crippen LogP) is 2.58. The van der Waals surface area contributed by atoms with Gasteiger partial charge in [-0.3, -0.25) is 0 Å². The average Bonchev–Trinajstić information content (AvgIpc) is 2.85. The van der Waals surface area contributed by atoms with Crippen LogP contribution in [0.2, 0.25) is 0 Å². The number of likely N-dealkylation sites (tertiary alicyclic amines) is 1. The lowest BCUT2D eigenvalue weighted by Crippen LogP contribution is -2.23. The molecule has 106 valence electrons. The Bertz CT molecular complexity index is 382. The third-order valence-electron chi connectivity index (χ3n) is 3.88. The van der Waals surface area contributed by atoms with Crippen LogP contribution in [0.25, 0.3) is 0 Å². The van der Waals surface area contributed by atoms with Crippen LogP contribution in [0.3, 0.4) is 0 Å². The molecule has 0 aromatic heterocycles. The maximum atomic E-state index is 10.2. The standard InChI is InChI=1S/C15H22BrNO2/c16-14-3-1-13(2-4-14)15(19)6-9-17-8-5-12(11-17)7-10-18/h1-4,12,15,18-19H,5-11H2. The Hall–Kier alpha value is -0.420. The minimum atomic E-state index is -0.384. The van der Waals surface area contributed by atoms with Gasteiger partial charge >= 0.3 is 0 Å². The number of hydrogen-bond acceptors (Lipinski definition) is 3. The van der Waals surface area contributed by atoms with Gasteiger partial charge in [0.2, 0.25) is 0 Å². The second-order valence-corrected chi connectivity index (χ2v) is 6.24. The number of aliphatic hydroxyl groups excluding tert-OH is 2. The Labute approximate surface area is 123 Å². The summed E-state index contributed by atoms with van der Waals surface area (Å²) in [6.45, 7) is 3.38. The molecule has 2 N–H and O–H groups in total. The fourth-order valence-electron chi connectivity index (χ4n) is 2.69. The first-order valence-corrected chi connectivity index (χ1v) is 7.75. The van der Waals surface area contributed by atoms with Gasteiger partial charge in [0.25, 0.3) is 0 Å². The van der Waals surface area contributed by atoms with Crippen LogP contribution in [0.1, 0.15) is 30.9 Å². The van der Waals surface area contributed by atoms with E-state index in [0.29, 0.717) is 12.5 Å². The molecule has 0 aliphatic carbocycles. The topological polar surface area (TPSA) is 43.7 Å². The lowest BCUT2D eigenvalue weighted by Gasteiger charge is -2.18.